The molecule has 4 rings (SSSR count). The van der Waals surface area contributed by atoms with Crippen LogP contribution in [0.2, 0.25) is 0 Å². The maximum absolute atomic E-state index is 13.2. The van der Waals surface area contributed by atoms with Crippen LogP contribution in [-0.4, -0.2) is 65.6 Å². The number of hydrogen-bond donors (Lipinski definition) is 1. The molecule has 2 aromatic rings. The first-order chi connectivity index (χ1) is 14.4. The molecule has 0 spiro atoms. The van der Waals surface area contributed by atoms with Crippen LogP contribution >= 0.6 is 0 Å². The Kier molecular flexibility index (Phi) is 5.71. The van der Waals surface area contributed by atoms with Crippen LogP contribution in [0.15, 0.2) is 30.5 Å². The lowest BCUT2D eigenvalue weighted by Gasteiger charge is -2.44. The maximum Gasteiger partial charge on any atom is 0.245 e. The Morgan fingerprint density at radius 1 is 1.10 bits per heavy atom. The van der Waals surface area contributed by atoms with Gasteiger partial charge >= 0.3 is 0 Å². The molecule has 1 amide bonds. The average Bonchev–Trinajstić information content (AvgIpc) is 3.20. The van der Waals surface area contributed by atoms with Crippen molar-refractivity contribution in [1.29, 1.82) is 0 Å². The highest BCUT2D eigenvalue weighted by Gasteiger charge is 2.41. The molecule has 2 saturated heterocycles. The molecule has 8 heteroatoms. The second kappa shape index (κ2) is 8.28. The zero-order valence-corrected chi connectivity index (χ0v) is 17.9. The summed E-state index contributed by atoms with van der Waals surface area (Å²) in [5.74, 6) is 2.14. The van der Waals surface area contributed by atoms with Crippen LogP contribution in [0.25, 0.3) is 0 Å². The lowest BCUT2D eigenvalue weighted by atomic mass is 9.83. The monoisotopic (exact) mass is 414 g/mol. The van der Waals surface area contributed by atoms with Crippen LogP contribution in [0.3, 0.4) is 0 Å². The second-order valence-electron chi connectivity index (χ2n) is 8.16. The average molecular weight is 415 g/mol. The molecule has 2 aliphatic rings. The Balaban J connectivity index is 1.47. The number of amides is 1. The van der Waals surface area contributed by atoms with Crippen molar-refractivity contribution in [3.8, 4) is 11.5 Å². The van der Waals surface area contributed by atoms with Gasteiger partial charge in [0, 0.05) is 45.0 Å². The molecule has 3 heterocycles. The third kappa shape index (κ3) is 3.89. The number of methoxy groups -OCH3 is 2. The van der Waals surface area contributed by atoms with Gasteiger partial charge in [-0.25, -0.2) is 0 Å². The lowest BCUT2D eigenvalue weighted by Crippen LogP contribution is -2.56. The molecule has 162 valence electrons. The molecule has 2 aliphatic heterocycles. The third-order valence-corrected chi connectivity index (χ3v) is 6.34. The van der Waals surface area contributed by atoms with Gasteiger partial charge in [-0.1, -0.05) is 0 Å². The van der Waals surface area contributed by atoms with Gasteiger partial charge in [-0.15, -0.1) is 0 Å². The van der Waals surface area contributed by atoms with E-state index in [-0.39, 0.29) is 11.9 Å². The quantitative estimate of drug-likeness (QED) is 0.805. The number of aromatic nitrogens is 2. The van der Waals surface area contributed by atoms with Gasteiger partial charge in [0.25, 0.3) is 0 Å². The Morgan fingerprint density at radius 2 is 1.77 bits per heavy atom. The molecule has 0 radical (unpaired) electrons. The predicted molar refractivity (Wildman–Crippen MR) is 113 cm³/mol. The fraction of sp³-hybridized carbons (Fsp3) is 0.545. The predicted octanol–water partition coefficient (Wildman–Crippen LogP) is 1.92. The third-order valence-electron chi connectivity index (χ3n) is 6.34. The van der Waals surface area contributed by atoms with E-state index in [1.54, 1.807) is 29.9 Å². The fourth-order valence-corrected chi connectivity index (χ4v) is 4.54. The summed E-state index contributed by atoms with van der Waals surface area (Å²) in [6.45, 7) is 2.01. The summed E-state index contributed by atoms with van der Waals surface area (Å²) >= 11 is 0. The normalized spacial score (nSPS) is 22.2. The summed E-state index contributed by atoms with van der Waals surface area (Å²) in [5, 5.41) is 15.8. The number of rotatable bonds is 5. The topological polar surface area (TPSA) is 80.1 Å². The number of likely N-dealkylation sites (tertiary alicyclic amines) is 1. The van der Waals surface area contributed by atoms with E-state index in [4.69, 9.17) is 9.47 Å². The summed E-state index contributed by atoms with van der Waals surface area (Å²) in [7, 11) is 5.06. The zero-order valence-electron chi connectivity index (χ0n) is 17.9. The summed E-state index contributed by atoms with van der Waals surface area (Å²) in [5.41, 5.74) is -0.167. The minimum Gasteiger partial charge on any atom is -0.497 e. The molecule has 0 bridgehead atoms. The lowest BCUT2D eigenvalue weighted by molar-refractivity contribution is -0.128. The molecule has 2 fully saturated rings. The number of carbonyl (C=O) groups is 1. The number of piperidine rings is 2. The van der Waals surface area contributed by atoms with Gasteiger partial charge in [0.2, 0.25) is 5.91 Å². The van der Waals surface area contributed by atoms with E-state index in [0.717, 1.165) is 18.4 Å². The van der Waals surface area contributed by atoms with Crippen LogP contribution < -0.4 is 14.4 Å². The van der Waals surface area contributed by atoms with Crippen molar-refractivity contribution in [3.05, 3.63) is 36.0 Å². The van der Waals surface area contributed by atoms with Gasteiger partial charge in [-0.05, 0) is 43.4 Å². The van der Waals surface area contributed by atoms with Crippen molar-refractivity contribution in [2.75, 3.05) is 38.8 Å². The highest BCUT2D eigenvalue weighted by molar-refractivity contribution is 5.97. The van der Waals surface area contributed by atoms with Crippen molar-refractivity contribution < 1.29 is 19.4 Å². The highest BCUT2D eigenvalue weighted by atomic mass is 16.5. The van der Waals surface area contributed by atoms with E-state index in [1.165, 1.54) is 0 Å². The SMILES string of the molecule is COc1cc(OC)cc(C2(O)CCN(C3CCCN(c4ccn(C)n4)C3=O)CC2)c1. The summed E-state index contributed by atoms with van der Waals surface area (Å²) in [6, 6.07) is 7.25. The first-order valence-electron chi connectivity index (χ1n) is 10.4. The number of benzene rings is 1. The van der Waals surface area contributed by atoms with Crippen molar-refractivity contribution in [1.82, 2.24) is 14.7 Å². The molecular formula is C22H30N4O4. The fourth-order valence-electron chi connectivity index (χ4n) is 4.54. The van der Waals surface area contributed by atoms with Gasteiger partial charge < -0.3 is 14.6 Å². The molecular weight excluding hydrogens is 384 g/mol. The van der Waals surface area contributed by atoms with Crippen molar-refractivity contribution >= 4 is 11.7 Å². The number of ether oxygens (including phenoxy) is 2. The number of nitrogens with zero attached hydrogens (tertiary/aromatic N) is 4. The minimum atomic E-state index is -0.962. The van der Waals surface area contributed by atoms with Crippen LogP contribution in [0.5, 0.6) is 11.5 Å². The molecule has 1 aromatic heterocycles. The van der Waals surface area contributed by atoms with E-state index < -0.39 is 5.60 Å². The second-order valence-corrected chi connectivity index (χ2v) is 8.16. The summed E-state index contributed by atoms with van der Waals surface area (Å²) < 4.78 is 12.4. The first-order valence-corrected chi connectivity index (χ1v) is 10.4. The molecule has 8 nitrogen and oxygen atoms in total. The van der Waals surface area contributed by atoms with E-state index >= 15 is 0 Å². The Labute approximate surface area is 177 Å². The summed E-state index contributed by atoms with van der Waals surface area (Å²) in [4.78, 5) is 17.2. The molecule has 1 N–H and O–H groups in total. The molecule has 30 heavy (non-hydrogen) atoms. The van der Waals surface area contributed by atoms with Crippen molar-refractivity contribution in [2.24, 2.45) is 7.05 Å². The number of aryl methyl sites for hydroxylation is 1. The zero-order chi connectivity index (χ0) is 21.3. The van der Waals surface area contributed by atoms with Gasteiger partial charge in [0.15, 0.2) is 5.82 Å². The maximum atomic E-state index is 13.2. The molecule has 1 aromatic carbocycles. The largest absolute Gasteiger partial charge is 0.497 e. The Hall–Kier alpha value is -2.58. The molecule has 1 unspecified atom stereocenters. The number of anilines is 1. The summed E-state index contributed by atoms with van der Waals surface area (Å²) in [6.07, 6.45) is 4.75. The Bertz CT molecular complexity index is 882. The molecule has 0 aliphatic carbocycles. The van der Waals surface area contributed by atoms with Gasteiger partial charge in [0.05, 0.1) is 25.9 Å². The van der Waals surface area contributed by atoms with Gasteiger partial charge in [-0.3, -0.25) is 19.3 Å². The highest BCUT2D eigenvalue weighted by Crippen LogP contribution is 2.38. The van der Waals surface area contributed by atoms with Gasteiger partial charge in [0.1, 0.15) is 11.5 Å². The van der Waals surface area contributed by atoms with Crippen LogP contribution in [0.4, 0.5) is 5.82 Å². The van der Waals surface area contributed by atoms with Crippen molar-refractivity contribution in [3.63, 3.8) is 0 Å². The number of hydrogen-bond acceptors (Lipinski definition) is 6. The van der Waals surface area contributed by atoms with Crippen LogP contribution in [0.1, 0.15) is 31.2 Å². The molecule has 0 saturated carbocycles. The van der Waals surface area contributed by atoms with Crippen LogP contribution in [0, 0.1) is 0 Å². The Morgan fingerprint density at radius 3 is 2.33 bits per heavy atom. The number of carbonyl (C=O) groups excluding carboxylic acids is 1. The minimum absolute atomic E-state index is 0.105. The standard InChI is InChI=1S/C22H30N4O4/c1-24-10-6-20(23-24)26-9-4-5-19(21(26)27)25-11-7-22(28,8-12-25)16-13-17(29-2)15-18(14-16)30-3/h6,10,13-15,19,28H,4-5,7-9,11-12H2,1-3H3. The smallest absolute Gasteiger partial charge is 0.245 e. The van der Waals surface area contributed by atoms with E-state index in [0.29, 0.717) is 49.8 Å². The molecule has 1 atom stereocenters. The van der Waals surface area contributed by atoms with E-state index in [9.17, 15) is 9.90 Å². The van der Waals surface area contributed by atoms with E-state index in [2.05, 4.69) is 10.00 Å². The van der Waals surface area contributed by atoms with Crippen LogP contribution in [-0.2, 0) is 17.4 Å². The number of aliphatic hydroxyl groups is 1. The first kappa shape index (κ1) is 20.7. The van der Waals surface area contributed by atoms with E-state index in [1.807, 2.05) is 31.4 Å². The van der Waals surface area contributed by atoms with Crippen molar-refractivity contribution in [2.45, 2.75) is 37.3 Å². The van der Waals surface area contributed by atoms with Gasteiger partial charge in [-0.2, -0.15) is 5.10 Å².